The largest absolute Gasteiger partial charge is 0.240 e. The van der Waals surface area contributed by atoms with Gasteiger partial charge in [-0.15, -0.1) is 11.6 Å². The van der Waals surface area contributed by atoms with Crippen molar-refractivity contribution in [2.75, 3.05) is 7.05 Å². The van der Waals surface area contributed by atoms with Crippen LogP contribution in [0, 0.1) is 5.41 Å². The van der Waals surface area contributed by atoms with Crippen LogP contribution in [-0.2, 0) is 0 Å². The zero-order chi connectivity index (χ0) is 8.65. The average molecular weight is 195 g/mol. The molecule has 1 aliphatic heterocycles. The van der Waals surface area contributed by atoms with E-state index in [4.69, 9.17) is 11.6 Å². The van der Waals surface area contributed by atoms with Gasteiger partial charge in [-0.1, -0.05) is 20.8 Å². The summed E-state index contributed by atoms with van der Waals surface area (Å²) in [6.07, 6.45) is 0. The first kappa shape index (κ1) is 9.65. The number of nitrogens with zero attached hydrogens (tertiary/aromatic N) is 1. The molecule has 0 aromatic heterocycles. The van der Waals surface area contributed by atoms with Gasteiger partial charge in [-0.25, -0.2) is 5.43 Å². The maximum Gasteiger partial charge on any atom is 0.112 e. The first-order valence-corrected chi connectivity index (χ1v) is 4.99. The van der Waals surface area contributed by atoms with Gasteiger partial charge in [-0.05, 0) is 17.4 Å². The Hall–Kier alpha value is 0.560. The van der Waals surface area contributed by atoms with Gasteiger partial charge in [0.25, 0.3) is 0 Å². The van der Waals surface area contributed by atoms with E-state index in [2.05, 4.69) is 26.2 Å². The van der Waals surface area contributed by atoms with Crippen LogP contribution in [0.5, 0.6) is 0 Å². The summed E-state index contributed by atoms with van der Waals surface area (Å²) in [6, 6.07) is 0.360. The molecule has 0 aliphatic carbocycles. The molecule has 0 radical (unpaired) electrons. The summed E-state index contributed by atoms with van der Waals surface area (Å²) in [7, 11) is 1.99. The third-order valence-electron chi connectivity index (χ3n) is 1.77. The normalized spacial score (nSPS) is 34.6. The summed E-state index contributed by atoms with van der Waals surface area (Å²) in [5.74, 6) is 0. The smallest absolute Gasteiger partial charge is 0.112 e. The zero-order valence-corrected chi connectivity index (χ0v) is 8.96. The van der Waals surface area contributed by atoms with Crippen LogP contribution in [0.25, 0.3) is 0 Å². The Kier molecular flexibility index (Phi) is 2.74. The van der Waals surface area contributed by atoms with Gasteiger partial charge < -0.3 is 0 Å². The van der Waals surface area contributed by atoms with Crippen molar-refractivity contribution < 1.29 is 0 Å². The quantitative estimate of drug-likeness (QED) is 0.470. The highest BCUT2D eigenvalue weighted by molar-refractivity contribution is 7.99. The number of hydrogen-bond donors (Lipinski definition) is 1. The van der Waals surface area contributed by atoms with Crippen molar-refractivity contribution in [2.45, 2.75) is 31.5 Å². The molecule has 0 aromatic rings. The number of hydrogen-bond acceptors (Lipinski definition) is 3. The second-order valence-corrected chi connectivity index (χ2v) is 5.92. The molecule has 2 unspecified atom stereocenters. The first-order valence-electron chi connectivity index (χ1n) is 3.72. The van der Waals surface area contributed by atoms with E-state index in [1.165, 1.54) is 0 Å². The van der Waals surface area contributed by atoms with Crippen molar-refractivity contribution in [1.29, 1.82) is 0 Å². The molecule has 2 nitrogen and oxygen atoms in total. The Bertz CT molecular complexity index is 146. The lowest BCUT2D eigenvalue weighted by Crippen LogP contribution is -2.42. The van der Waals surface area contributed by atoms with Gasteiger partial charge in [0.15, 0.2) is 0 Å². The van der Waals surface area contributed by atoms with Crippen molar-refractivity contribution in [3.8, 4) is 0 Å². The predicted octanol–water partition coefficient (Wildman–Crippen LogP) is 2.06. The molecule has 2 atom stereocenters. The van der Waals surface area contributed by atoms with Crippen molar-refractivity contribution in [3.63, 3.8) is 0 Å². The van der Waals surface area contributed by atoms with Gasteiger partial charge in [0.1, 0.15) is 4.71 Å². The number of halogens is 1. The van der Waals surface area contributed by atoms with E-state index in [-0.39, 0.29) is 10.1 Å². The van der Waals surface area contributed by atoms with Crippen molar-refractivity contribution in [1.82, 2.24) is 9.84 Å². The van der Waals surface area contributed by atoms with Gasteiger partial charge in [0, 0.05) is 7.05 Å². The molecule has 0 amide bonds. The fourth-order valence-electron chi connectivity index (χ4n) is 1.08. The minimum Gasteiger partial charge on any atom is -0.240 e. The average Bonchev–Trinajstić information content (AvgIpc) is 2.08. The predicted molar refractivity (Wildman–Crippen MR) is 51.4 cm³/mol. The molecule has 1 rings (SSSR count). The Labute approximate surface area is 77.8 Å². The lowest BCUT2D eigenvalue weighted by Gasteiger charge is -2.28. The van der Waals surface area contributed by atoms with Gasteiger partial charge in [-0.3, -0.25) is 0 Å². The van der Waals surface area contributed by atoms with Crippen LogP contribution < -0.4 is 5.43 Å². The van der Waals surface area contributed by atoms with E-state index in [1.807, 2.05) is 11.5 Å². The van der Waals surface area contributed by atoms with Crippen LogP contribution >= 0.6 is 23.5 Å². The topological polar surface area (TPSA) is 15.3 Å². The molecule has 0 saturated carbocycles. The molecule has 0 spiro atoms. The number of hydrazine groups is 1. The van der Waals surface area contributed by atoms with Crippen LogP contribution in [0.1, 0.15) is 20.8 Å². The van der Waals surface area contributed by atoms with Crippen molar-refractivity contribution in [2.24, 2.45) is 5.41 Å². The summed E-state index contributed by atoms with van der Waals surface area (Å²) < 4.78 is 2.13. The van der Waals surface area contributed by atoms with Crippen molar-refractivity contribution in [3.05, 3.63) is 0 Å². The third kappa shape index (κ3) is 2.25. The van der Waals surface area contributed by atoms with Gasteiger partial charge in [-0.2, -0.15) is 4.41 Å². The molecular formula is C7H15ClN2S. The molecule has 66 valence electrons. The van der Waals surface area contributed by atoms with E-state index < -0.39 is 0 Å². The highest BCUT2D eigenvalue weighted by Crippen LogP contribution is 2.36. The molecule has 1 N–H and O–H groups in total. The van der Waals surface area contributed by atoms with E-state index in [9.17, 15) is 0 Å². The molecular weight excluding hydrogens is 180 g/mol. The highest BCUT2D eigenvalue weighted by atomic mass is 35.5. The molecule has 0 bridgehead atoms. The summed E-state index contributed by atoms with van der Waals surface area (Å²) in [4.78, 5) is 0. The van der Waals surface area contributed by atoms with E-state index in [1.54, 1.807) is 11.9 Å². The fourth-order valence-corrected chi connectivity index (χ4v) is 2.94. The Morgan fingerprint density at radius 2 is 2.00 bits per heavy atom. The van der Waals surface area contributed by atoms with Crippen LogP contribution in [0.15, 0.2) is 0 Å². The Morgan fingerprint density at radius 1 is 1.45 bits per heavy atom. The van der Waals surface area contributed by atoms with Gasteiger partial charge in [0.2, 0.25) is 0 Å². The molecule has 1 heterocycles. The number of alkyl halides is 1. The number of nitrogens with one attached hydrogen (secondary N) is 1. The molecule has 4 heteroatoms. The number of rotatable bonds is 0. The van der Waals surface area contributed by atoms with Crippen LogP contribution in [0.3, 0.4) is 0 Å². The lowest BCUT2D eigenvalue weighted by molar-refractivity contribution is 0.237. The molecule has 0 aromatic carbocycles. The fraction of sp³-hybridized carbons (Fsp3) is 1.00. The van der Waals surface area contributed by atoms with Crippen LogP contribution in [0.2, 0.25) is 0 Å². The summed E-state index contributed by atoms with van der Waals surface area (Å²) in [5, 5.41) is 0. The monoisotopic (exact) mass is 194 g/mol. The zero-order valence-electron chi connectivity index (χ0n) is 7.39. The highest BCUT2D eigenvalue weighted by Gasteiger charge is 2.38. The molecule has 1 saturated heterocycles. The Morgan fingerprint density at radius 3 is 2.18 bits per heavy atom. The van der Waals surface area contributed by atoms with Crippen LogP contribution in [0.4, 0.5) is 0 Å². The molecule has 11 heavy (non-hydrogen) atoms. The van der Waals surface area contributed by atoms with Crippen molar-refractivity contribution >= 4 is 23.5 Å². The molecule has 1 aliphatic rings. The molecule has 1 fully saturated rings. The van der Waals surface area contributed by atoms with Gasteiger partial charge >= 0.3 is 0 Å². The standard InChI is InChI=1S/C7H15ClN2S/c1-7(2,3)5-6(8)11-10(4)9-5/h5-6,9H,1-4H3. The maximum absolute atomic E-state index is 6.12. The Balaban J connectivity index is 2.60. The van der Waals surface area contributed by atoms with Gasteiger partial charge in [0.05, 0.1) is 6.04 Å². The minimum absolute atomic E-state index is 0.153. The van der Waals surface area contributed by atoms with Crippen LogP contribution in [-0.4, -0.2) is 22.2 Å². The van der Waals surface area contributed by atoms with E-state index in [0.717, 1.165) is 0 Å². The van der Waals surface area contributed by atoms with E-state index in [0.29, 0.717) is 6.04 Å². The minimum atomic E-state index is 0.153. The second kappa shape index (κ2) is 3.13. The second-order valence-electron chi connectivity index (χ2n) is 3.93. The summed E-state index contributed by atoms with van der Waals surface area (Å²) >= 11 is 7.76. The lowest BCUT2D eigenvalue weighted by atomic mass is 9.88. The third-order valence-corrected chi connectivity index (χ3v) is 3.16. The first-order chi connectivity index (χ1) is 4.91. The SMILES string of the molecule is CN1NC(C(C)(C)C)C(Cl)S1. The summed E-state index contributed by atoms with van der Waals surface area (Å²) in [5.41, 5.74) is 3.53. The summed E-state index contributed by atoms with van der Waals surface area (Å²) in [6.45, 7) is 6.58. The maximum atomic E-state index is 6.12. The van der Waals surface area contributed by atoms with E-state index >= 15 is 0 Å².